The van der Waals surface area contributed by atoms with Crippen LogP contribution in [0.4, 0.5) is 28.9 Å². The van der Waals surface area contributed by atoms with Crippen LogP contribution in [0.1, 0.15) is 5.69 Å². The molecular weight excluding hydrogens is 384 g/mol. The van der Waals surface area contributed by atoms with Gasteiger partial charge in [0.2, 0.25) is 0 Å². The van der Waals surface area contributed by atoms with Gasteiger partial charge >= 0.3 is 6.18 Å². The number of carbonyl (C=O) groups is 1. The number of nitrogens with one attached hydrogen (secondary N) is 2. The number of amides is 1. The number of anilines is 2. The maximum absolute atomic E-state index is 12.9. The number of carbonyl (C=O) groups excluding carboxylic acids is 1. The van der Waals surface area contributed by atoms with E-state index in [1.165, 1.54) is 12.1 Å². The molecule has 0 spiro atoms. The van der Waals surface area contributed by atoms with E-state index in [2.05, 4.69) is 15.7 Å². The third kappa shape index (κ3) is 4.21. The quantitative estimate of drug-likeness (QED) is 0.593. The normalized spacial score (nSPS) is 17.6. The standard InChI is InChI=1S/C17H14F4N4O3/c18-9-1-3-10(4-2-9)23-15(27)14-12(26)8-25(24-16(14)28)11-5-6-13(22-7-11)17(19,20)21/h1-7,16,24,26,28H,8H2,(H,23,27). The van der Waals surface area contributed by atoms with Gasteiger partial charge in [0.1, 0.15) is 22.8 Å². The summed E-state index contributed by atoms with van der Waals surface area (Å²) in [5.41, 5.74) is 1.39. The van der Waals surface area contributed by atoms with Crippen molar-refractivity contribution in [2.75, 3.05) is 16.9 Å². The van der Waals surface area contributed by atoms with Crippen molar-refractivity contribution in [2.24, 2.45) is 0 Å². The van der Waals surface area contributed by atoms with Gasteiger partial charge in [-0.2, -0.15) is 13.2 Å². The van der Waals surface area contributed by atoms with E-state index in [4.69, 9.17) is 0 Å². The minimum atomic E-state index is -4.60. The Bertz CT molecular complexity index is 898. The summed E-state index contributed by atoms with van der Waals surface area (Å²) < 4.78 is 50.7. The number of halogens is 4. The molecule has 28 heavy (non-hydrogen) atoms. The number of aromatic nitrogens is 1. The van der Waals surface area contributed by atoms with Crippen molar-refractivity contribution in [1.82, 2.24) is 10.4 Å². The van der Waals surface area contributed by atoms with E-state index in [0.717, 1.165) is 35.5 Å². The number of hydrogen-bond acceptors (Lipinski definition) is 6. The van der Waals surface area contributed by atoms with Gasteiger partial charge in [0.25, 0.3) is 5.91 Å². The van der Waals surface area contributed by atoms with Gasteiger partial charge in [-0.3, -0.25) is 9.80 Å². The van der Waals surface area contributed by atoms with Crippen molar-refractivity contribution in [3.63, 3.8) is 0 Å². The fourth-order valence-electron chi connectivity index (χ4n) is 2.52. The van der Waals surface area contributed by atoms with E-state index in [0.29, 0.717) is 0 Å². The molecule has 0 radical (unpaired) electrons. The van der Waals surface area contributed by atoms with E-state index in [1.54, 1.807) is 0 Å². The van der Waals surface area contributed by atoms with Crippen LogP contribution in [-0.4, -0.2) is 33.9 Å². The summed E-state index contributed by atoms with van der Waals surface area (Å²) in [5.74, 6) is -1.82. The van der Waals surface area contributed by atoms with Gasteiger partial charge in [-0.05, 0) is 36.4 Å². The van der Waals surface area contributed by atoms with Crippen molar-refractivity contribution in [3.05, 3.63) is 65.4 Å². The van der Waals surface area contributed by atoms with Crippen molar-refractivity contribution in [2.45, 2.75) is 12.4 Å². The van der Waals surface area contributed by atoms with Crippen LogP contribution >= 0.6 is 0 Å². The van der Waals surface area contributed by atoms with Gasteiger partial charge in [0.05, 0.1) is 18.4 Å². The molecule has 2 aromatic rings. The second kappa shape index (κ2) is 7.44. The molecule has 1 amide bonds. The van der Waals surface area contributed by atoms with Gasteiger partial charge in [-0.1, -0.05) is 0 Å². The summed E-state index contributed by atoms with van der Waals surface area (Å²) >= 11 is 0. The molecule has 1 aromatic carbocycles. The summed E-state index contributed by atoms with van der Waals surface area (Å²) in [6.45, 7) is -0.309. The number of alkyl halides is 3. The number of benzene rings is 1. The van der Waals surface area contributed by atoms with Gasteiger partial charge in [0, 0.05) is 5.69 Å². The molecule has 0 saturated heterocycles. The highest BCUT2D eigenvalue weighted by Gasteiger charge is 2.34. The van der Waals surface area contributed by atoms with E-state index in [9.17, 15) is 32.6 Å². The highest BCUT2D eigenvalue weighted by molar-refractivity contribution is 6.05. The van der Waals surface area contributed by atoms with Crippen LogP contribution < -0.4 is 15.8 Å². The third-order valence-corrected chi connectivity index (χ3v) is 3.87. The summed E-state index contributed by atoms with van der Waals surface area (Å²) in [6.07, 6.45) is -5.32. The molecule has 11 heteroatoms. The average molecular weight is 398 g/mol. The zero-order valence-corrected chi connectivity index (χ0v) is 14.0. The lowest BCUT2D eigenvalue weighted by atomic mass is 10.1. The summed E-state index contributed by atoms with van der Waals surface area (Å²) in [7, 11) is 0. The molecule has 1 atom stereocenters. The summed E-state index contributed by atoms with van der Waals surface area (Å²) in [4.78, 5) is 15.6. The Kier molecular flexibility index (Phi) is 5.21. The number of hydrazine groups is 1. The topological polar surface area (TPSA) is 97.7 Å². The SMILES string of the molecule is O=C(Nc1ccc(F)cc1)C1=C(O)CN(c2ccc(C(F)(F)F)nc2)NC1O. The monoisotopic (exact) mass is 398 g/mol. The van der Waals surface area contributed by atoms with Crippen molar-refractivity contribution >= 4 is 17.3 Å². The van der Waals surface area contributed by atoms with Crippen molar-refractivity contribution < 1.29 is 32.6 Å². The van der Waals surface area contributed by atoms with Gasteiger partial charge in [-0.25, -0.2) is 14.8 Å². The van der Waals surface area contributed by atoms with Crippen LogP contribution in [0, 0.1) is 5.82 Å². The maximum Gasteiger partial charge on any atom is 0.433 e. The lowest BCUT2D eigenvalue weighted by Gasteiger charge is -2.33. The Morgan fingerprint density at radius 1 is 1.21 bits per heavy atom. The van der Waals surface area contributed by atoms with Crippen LogP contribution in [0.25, 0.3) is 0 Å². The van der Waals surface area contributed by atoms with Crippen molar-refractivity contribution in [1.29, 1.82) is 0 Å². The zero-order valence-electron chi connectivity index (χ0n) is 14.0. The first-order valence-corrected chi connectivity index (χ1v) is 7.89. The van der Waals surface area contributed by atoms with Gasteiger partial charge < -0.3 is 15.5 Å². The number of hydrogen-bond donors (Lipinski definition) is 4. The molecule has 2 heterocycles. The molecule has 148 valence electrons. The van der Waals surface area contributed by atoms with E-state index in [1.807, 2.05) is 0 Å². The fourth-order valence-corrected chi connectivity index (χ4v) is 2.52. The Labute approximate surface area is 155 Å². The minimum absolute atomic E-state index is 0.136. The molecule has 0 saturated carbocycles. The minimum Gasteiger partial charge on any atom is -0.510 e. The first kappa shape index (κ1) is 19.6. The molecule has 0 fully saturated rings. The maximum atomic E-state index is 12.9. The number of aliphatic hydroxyl groups excluding tert-OH is 2. The molecule has 0 aliphatic carbocycles. The number of nitrogens with zero attached hydrogens (tertiary/aromatic N) is 2. The summed E-state index contributed by atoms with van der Waals surface area (Å²) in [6, 6.07) is 6.70. The Hall–Kier alpha value is -3.18. The lowest BCUT2D eigenvalue weighted by molar-refractivity contribution is -0.141. The fraction of sp³-hybridized carbons (Fsp3) is 0.176. The molecular formula is C17H14F4N4O3. The Morgan fingerprint density at radius 3 is 2.43 bits per heavy atom. The largest absolute Gasteiger partial charge is 0.510 e. The van der Waals surface area contributed by atoms with Crippen molar-refractivity contribution in [3.8, 4) is 0 Å². The second-order valence-electron chi connectivity index (χ2n) is 5.84. The number of aliphatic hydroxyl groups is 2. The van der Waals surface area contributed by atoms with E-state index < -0.39 is 35.6 Å². The number of rotatable bonds is 3. The highest BCUT2D eigenvalue weighted by atomic mass is 19.4. The first-order chi connectivity index (χ1) is 13.1. The highest BCUT2D eigenvalue weighted by Crippen LogP contribution is 2.29. The van der Waals surface area contributed by atoms with Crippen LogP contribution in [0.5, 0.6) is 0 Å². The molecule has 3 rings (SSSR count). The predicted molar refractivity (Wildman–Crippen MR) is 90.4 cm³/mol. The molecule has 0 bridgehead atoms. The van der Waals surface area contributed by atoms with Crippen LogP contribution in [0.3, 0.4) is 0 Å². The van der Waals surface area contributed by atoms with Crippen LogP contribution in [0.2, 0.25) is 0 Å². The number of pyridine rings is 1. The van der Waals surface area contributed by atoms with Crippen LogP contribution in [0.15, 0.2) is 53.9 Å². The molecule has 1 aliphatic rings. The smallest absolute Gasteiger partial charge is 0.433 e. The average Bonchev–Trinajstić information content (AvgIpc) is 2.62. The Balaban J connectivity index is 1.75. The molecule has 7 nitrogen and oxygen atoms in total. The molecule has 1 aliphatic heterocycles. The third-order valence-electron chi connectivity index (χ3n) is 3.87. The Morgan fingerprint density at radius 2 is 1.89 bits per heavy atom. The first-order valence-electron chi connectivity index (χ1n) is 7.89. The molecule has 1 unspecified atom stereocenters. The predicted octanol–water partition coefficient (Wildman–Crippen LogP) is 2.33. The second-order valence-corrected chi connectivity index (χ2v) is 5.84. The van der Waals surface area contributed by atoms with Crippen LogP contribution in [-0.2, 0) is 11.0 Å². The molecule has 4 N–H and O–H groups in total. The lowest BCUT2D eigenvalue weighted by Crippen LogP contribution is -2.53. The van der Waals surface area contributed by atoms with Gasteiger partial charge in [0.15, 0.2) is 6.23 Å². The zero-order chi connectivity index (χ0) is 20.5. The van der Waals surface area contributed by atoms with E-state index >= 15 is 0 Å². The van der Waals surface area contributed by atoms with Gasteiger partial charge in [-0.15, -0.1) is 0 Å². The van der Waals surface area contributed by atoms with E-state index in [-0.39, 0.29) is 23.5 Å². The summed E-state index contributed by atoms with van der Waals surface area (Å²) in [5, 5.41) is 23.9. The molecule has 1 aromatic heterocycles.